The second-order valence-corrected chi connectivity index (χ2v) is 4.79. The minimum Gasteiger partial charge on any atom is -0.473 e. The third kappa shape index (κ3) is 2.87. The second kappa shape index (κ2) is 4.73. The van der Waals surface area contributed by atoms with E-state index in [2.05, 4.69) is 17.2 Å². The predicted molar refractivity (Wildman–Crippen MR) is 65.8 cm³/mol. The van der Waals surface area contributed by atoms with E-state index in [9.17, 15) is 0 Å². The van der Waals surface area contributed by atoms with Gasteiger partial charge in [0.1, 0.15) is 0 Å². The first-order chi connectivity index (χ1) is 7.66. The summed E-state index contributed by atoms with van der Waals surface area (Å²) in [5.41, 5.74) is 1.01. The zero-order chi connectivity index (χ0) is 11.5. The Morgan fingerprint density at radius 3 is 2.75 bits per heavy atom. The molecule has 0 aliphatic heterocycles. The summed E-state index contributed by atoms with van der Waals surface area (Å²) in [6, 6.07) is 4.48. The van der Waals surface area contributed by atoms with Crippen molar-refractivity contribution in [2.75, 3.05) is 5.32 Å². The van der Waals surface area contributed by atoms with Crippen molar-refractivity contribution in [3.05, 3.63) is 18.3 Å². The van der Waals surface area contributed by atoms with Crippen LogP contribution in [0.3, 0.4) is 0 Å². The summed E-state index contributed by atoms with van der Waals surface area (Å²) in [5.74, 6) is 1.54. The molecule has 0 radical (unpaired) electrons. The standard InChI is InChI=1S/C13H20N2O/c1-9(2)16-13-12(5-4-8-14-13)15-10(3)11-6-7-11/h4-5,8-11,15H,6-7H2,1-3H3. The van der Waals surface area contributed by atoms with Crippen molar-refractivity contribution in [1.29, 1.82) is 0 Å². The molecule has 0 aromatic carbocycles. The van der Waals surface area contributed by atoms with Crippen molar-refractivity contribution < 1.29 is 4.74 Å². The van der Waals surface area contributed by atoms with E-state index in [0.29, 0.717) is 11.9 Å². The highest BCUT2D eigenvalue weighted by atomic mass is 16.5. The maximum Gasteiger partial charge on any atom is 0.237 e. The number of rotatable bonds is 5. The second-order valence-electron chi connectivity index (χ2n) is 4.79. The van der Waals surface area contributed by atoms with Crippen LogP contribution in [0.2, 0.25) is 0 Å². The topological polar surface area (TPSA) is 34.1 Å². The Morgan fingerprint density at radius 1 is 1.38 bits per heavy atom. The van der Waals surface area contributed by atoms with E-state index >= 15 is 0 Å². The van der Waals surface area contributed by atoms with Crippen LogP contribution >= 0.6 is 0 Å². The smallest absolute Gasteiger partial charge is 0.237 e. The van der Waals surface area contributed by atoms with Gasteiger partial charge in [-0.05, 0) is 51.7 Å². The lowest BCUT2D eigenvalue weighted by molar-refractivity contribution is 0.234. The lowest BCUT2D eigenvalue weighted by Gasteiger charge is -2.18. The van der Waals surface area contributed by atoms with Gasteiger partial charge in [0.25, 0.3) is 0 Å². The molecule has 16 heavy (non-hydrogen) atoms. The average Bonchev–Trinajstić information content (AvgIpc) is 3.03. The molecule has 1 aromatic rings. The molecule has 1 aromatic heterocycles. The molecule has 1 aliphatic carbocycles. The van der Waals surface area contributed by atoms with Gasteiger partial charge in [0.2, 0.25) is 5.88 Å². The zero-order valence-corrected chi connectivity index (χ0v) is 10.2. The van der Waals surface area contributed by atoms with E-state index in [1.807, 2.05) is 26.0 Å². The van der Waals surface area contributed by atoms with Gasteiger partial charge in [0.05, 0.1) is 11.8 Å². The van der Waals surface area contributed by atoms with Crippen LogP contribution in [-0.4, -0.2) is 17.1 Å². The van der Waals surface area contributed by atoms with E-state index in [4.69, 9.17) is 4.74 Å². The summed E-state index contributed by atoms with van der Waals surface area (Å²) in [6.45, 7) is 6.26. The fourth-order valence-electron chi connectivity index (χ4n) is 1.78. The SMILES string of the molecule is CC(C)Oc1ncccc1NC(C)C1CC1. The Balaban J connectivity index is 2.05. The van der Waals surface area contributed by atoms with E-state index < -0.39 is 0 Å². The summed E-state index contributed by atoms with van der Waals surface area (Å²) in [5, 5.41) is 3.49. The minimum absolute atomic E-state index is 0.159. The molecule has 1 heterocycles. The van der Waals surface area contributed by atoms with Crippen molar-refractivity contribution in [3.63, 3.8) is 0 Å². The average molecular weight is 220 g/mol. The molecule has 1 fully saturated rings. The Hall–Kier alpha value is -1.25. The molecule has 0 bridgehead atoms. The van der Waals surface area contributed by atoms with Gasteiger partial charge in [-0.15, -0.1) is 0 Å². The number of anilines is 1. The Bertz CT molecular complexity index is 348. The summed E-state index contributed by atoms with van der Waals surface area (Å²) in [4.78, 5) is 4.27. The lowest BCUT2D eigenvalue weighted by Crippen LogP contribution is -2.19. The summed E-state index contributed by atoms with van der Waals surface area (Å²) < 4.78 is 5.67. The molecule has 1 unspecified atom stereocenters. The Labute approximate surface area is 97.2 Å². The van der Waals surface area contributed by atoms with Crippen LogP contribution in [0.4, 0.5) is 5.69 Å². The van der Waals surface area contributed by atoms with Gasteiger partial charge in [0, 0.05) is 12.2 Å². The van der Waals surface area contributed by atoms with Gasteiger partial charge in [-0.3, -0.25) is 0 Å². The van der Waals surface area contributed by atoms with Crippen LogP contribution in [0, 0.1) is 5.92 Å². The highest BCUT2D eigenvalue weighted by Gasteiger charge is 2.28. The number of hydrogen-bond acceptors (Lipinski definition) is 3. The maximum absolute atomic E-state index is 5.67. The minimum atomic E-state index is 0.159. The van der Waals surface area contributed by atoms with Crippen molar-refractivity contribution in [3.8, 4) is 5.88 Å². The van der Waals surface area contributed by atoms with Crippen LogP contribution in [0.15, 0.2) is 18.3 Å². The van der Waals surface area contributed by atoms with Gasteiger partial charge >= 0.3 is 0 Å². The maximum atomic E-state index is 5.67. The number of nitrogens with one attached hydrogen (secondary N) is 1. The molecular formula is C13H20N2O. The molecule has 2 rings (SSSR count). The fourth-order valence-corrected chi connectivity index (χ4v) is 1.78. The van der Waals surface area contributed by atoms with Gasteiger partial charge < -0.3 is 10.1 Å². The van der Waals surface area contributed by atoms with E-state index in [1.165, 1.54) is 12.8 Å². The van der Waals surface area contributed by atoms with Crippen LogP contribution in [0.25, 0.3) is 0 Å². The number of ether oxygens (including phenoxy) is 1. The van der Waals surface area contributed by atoms with Crippen molar-refractivity contribution in [1.82, 2.24) is 4.98 Å². The third-order valence-electron chi connectivity index (χ3n) is 2.83. The summed E-state index contributed by atoms with van der Waals surface area (Å²) in [7, 11) is 0. The Kier molecular flexibility index (Phi) is 3.32. The lowest BCUT2D eigenvalue weighted by atomic mass is 10.2. The number of pyridine rings is 1. The predicted octanol–water partition coefficient (Wildman–Crippen LogP) is 3.08. The van der Waals surface area contributed by atoms with Crippen LogP contribution in [0.5, 0.6) is 5.88 Å². The monoisotopic (exact) mass is 220 g/mol. The first-order valence-electron chi connectivity index (χ1n) is 6.05. The van der Waals surface area contributed by atoms with Gasteiger partial charge in [-0.25, -0.2) is 4.98 Å². The molecule has 1 aliphatic rings. The molecule has 1 saturated carbocycles. The van der Waals surface area contributed by atoms with Crippen molar-refractivity contribution >= 4 is 5.69 Å². The van der Waals surface area contributed by atoms with E-state index in [1.54, 1.807) is 6.20 Å². The molecule has 1 atom stereocenters. The molecular weight excluding hydrogens is 200 g/mol. The number of hydrogen-bond donors (Lipinski definition) is 1. The van der Waals surface area contributed by atoms with E-state index in [-0.39, 0.29) is 6.10 Å². The fraction of sp³-hybridized carbons (Fsp3) is 0.615. The zero-order valence-electron chi connectivity index (χ0n) is 10.2. The number of nitrogens with zero attached hydrogens (tertiary/aromatic N) is 1. The Morgan fingerprint density at radius 2 is 2.12 bits per heavy atom. The molecule has 0 amide bonds. The molecule has 88 valence electrons. The molecule has 3 nitrogen and oxygen atoms in total. The first kappa shape index (κ1) is 11.2. The summed E-state index contributed by atoms with van der Waals surface area (Å²) in [6.07, 6.45) is 4.61. The van der Waals surface area contributed by atoms with Crippen molar-refractivity contribution in [2.24, 2.45) is 5.92 Å². The third-order valence-corrected chi connectivity index (χ3v) is 2.83. The van der Waals surface area contributed by atoms with Crippen molar-refractivity contribution in [2.45, 2.75) is 45.8 Å². The highest BCUT2D eigenvalue weighted by Crippen LogP contribution is 2.35. The number of aromatic nitrogens is 1. The first-order valence-corrected chi connectivity index (χ1v) is 6.05. The highest BCUT2D eigenvalue weighted by molar-refractivity contribution is 5.52. The van der Waals surface area contributed by atoms with Crippen LogP contribution < -0.4 is 10.1 Å². The molecule has 3 heteroatoms. The van der Waals surface area contributed by atoms with E-state index in [0.717, 1.165) is 11.6 Å². The van der Waals surface area contributed by atoms with Crippen LogP contribution in [-0.2, 0) is 0 Å². The quantitative estimate of drug-likeness (QED) is 0.828. The normalized spacial score (nSPS) is 17.2. The molecule has 1 N–H and O–H groups in total. The summed E-state index contributed by atoms with van der Waals surface area (Å²) >= 11 is 0. The largest absolute Gasteiger partial charge is 0.473 e. The van der Waals surface area contributed by atoms with Gasteiger partial charge in [-0.2, -0.15) is 0 Å². The van der Waals surface area contributed by atoms with Crippen LogP contribution in [0.1, 0.15) is 33.6 Å². The molecule has 0 saturated heterocycles. The van der Waals surface area contributed by atoms with Gasteiger partial charge in [0.15, 0.2) is 0 Å². The molecule has 0 spiro atoms. The van der Waals surface area contributed by atoms with Gasteiger partial charge in [-0.1, -0.05) is 0 Å².